The lowest BCUT2D eigenvalue weighted by molar-refractivity contribution is -0.145. The second kappa shape index (κ2) is 19.5. The van der Waals surface area contributed by atoms with Gasteiger partial charge in [-0.3, -0.25) is 37.6 Å². The Hall–Kier alpha value is -5.08. The van der Waals surface area contributed by atoms with Gasteiger partial charge in [-0.1, -0.05) is 0 Å². The van der Waals surface area contributed by atoms with E-state index in [0.717, 1.165) is 0 Å². The Labute approximate surface area is 291 Å². The molecule has 5 amide bonds. The molecule has 0 aliphatic rings. The highest BCUT2D eigenvalue weighted by Gasteiger charge is 2.35. The van der Waals surface area contributed by atoms with Crippen LogP contribution in [0.4, 0.5) is 0 Å². The molecule has 6 atom stereocenters. The van der Waals surface area contributed by atoms with E-state index in [4.69, 9.17) is 34.7 Å². The topological polar surface area (TPSA) is 484 Å². The van der Waals surface area contributed by atoms with Crippen molar-refractivity contribution in [1.29, 1.82) is 0 Å². The number of nitrogens with two attached hydrogens (primary N) is 1. The predicted octanol–water partition coefficient (Wildman–Crippen LogP) is -8.09. The molecule has 14 N–H and O–H groups in total. The third kappa shape index (κ3) is 19.9. The number of hydrogen-bond donors (Lipinski definition) is 13. The molecule has 0 fully saturated rings. The molecule has 0 saturated carbocycles. The zero-order valence-electron chi connectivity index (χ0n) is 25.8. The second-order valence-electron chi connectivity index (χ2n) is 10.3. The van der Waals surface area contributed by atoms with Crippen LogP contribution in [0, 0.1) is 0 Å². The molecule has 0 saturated heterocycles. The van der Waals surface area contributed by atoms with E-state index < -0.39 is 157 Å². The Balaban J connectivity index is 6.23. The molecule has 0 aliphatic carbocycles. The van der Waals surface area contributed by atoms with E-state index in [0.29, 0.717) is 0 Å². The normalized spacial score (nSPS) is 15.2. The highest BCUT2D eigenvalue weighted by atomic mass is 32.2. The van der Waals surface area contributed by atoms with Gasteiger partial charge in [0.25, 0.3) is 30.4 Å². The van der Waals surface area contributed by atoms with Crippen LogP contribution in [-0.2, 0) is 73.5 Å². The van der Waals surface area contributed by atoms with Crippen molar-refractivity contribution in [3.8, 4) is 0 Å². The van der Waals surface area contributed by atoms with Crippen LogP contribution in [-0.4, -0.2) is 166 Å². The van der Waals surface area contributed by atoms with Crippen molar-refractivity contribution in [2.24, 2.45) is 5.73 Å². The molecule has 28 nitrogen and oxygen atoms in total. The molecule has 0 bridgehead atoms. The molecule has 0 heterocycles. The minimum absolute atomic E-state index is 1.19. The summed E-state index contributed by atoms with van der Waals surface area (Å²) >= 11 is 0. The van der Waals surface area contributed by atoms with Gasteiger partial charge >= 0.3 is 23.9 Å². The molecule has 52 heavy (non-hydrogen) atoms. The van der Waals surface area contributed by atoms with E-state index in [-0.39, 0.29) is 0 Å². The number of carbonyl (C=O) groups is 9. The van der Waals surface area contributed by atoms with Gasteiger partial charge in [-0.05, 0) is 0 Å². The van der Waals surface area contributed by atoms with Crippen LogP contribution in [0.5, 0.6) is 0 Å². The van der Waals surface area contributed by atoms with Gasteiger partial charge in [0, 0.05) is 0 Å². The molecule has 296 valence electrons. The zero-order chi connectivity index (χ0) is 40.9. The van der Waals surface area contributed by atoms with E-state index in [1.54, 1.807) is 26.6 Å². The maximum absolute atomic E-state index is 13.0. The number of nitrogens with one attached hydrogen (secondary N) is 5. The third-order valence-electron chi connectivity index (χ3n) is 5.80. The first-order valence-electron chi connectivity index (χ1n) is 13.4. The lowest BCUT2D eigenvalue weighted by Crippen LogP contribution is -2.57. The fourth-order valence-corrected chi connectivity index (χ4v) is 5.48. The van der Waals surface area contributed by atoms with E-state index in [1.807, 2.05) is 0 Å². The quantitative estimate of drug-likeness (QED) is 0.0426. The number of rotatable bonds is 23. The number of carboxylic acids is 4. The highest BCUT2D eigenvalue weighted by Crippen LogP contribution is 2.04. The van der Waals surface area contributed by atoms with Crippen LogP contribution in [0.2, 0.25) is 0 Å². The first-order chi connectivity index (χ1) is 23.4. The first kappa shape index (κ1) is 46.9. The van der Waals surface area contributed by atoms with Crippen molar-refractivity contribution in [1.82, 2.24) is 26.6 Å². The van der Waals surface area contributed by atoms with E-state index >= 15 is 0 Å². The molecule has 31 heteroatoms. The minimum Gasteiger partial charge on any atom is -0.480 e. The molecule has 0 aliphatic heterocycles. The SMILES string of the molecule is N[C@@H](CC(=O)N[C@@H](CS(=O)(=O)O)C(=O)O)C(=O)N[C@@H](CC(=O)N[C@@H](CS(=O)(=O)O)C(=O)O)C(=O)N[C@@H](CC(=O)N[C@@H](CS(=O)(=O)O)C(=O)O)C(=O)O. The molecule has 0 aromatic heterocycles. The molecular formula is C21H32N6O22S3. The Bertz CT molecular complexity index is 1760. The van der Waals surface area contributed by atoms with Gasteiger partial charge in [0.15, 0.2) is 0 Å². The van der Waals surface area contributed by atoms with Crippen LogP contribution >= 0.6 is 0 Å². The number of amides is 5. The van der Waals surface area contributed by atoms with Crippen molar-refractivity contribution >= 4 is 83.8 Å². The molecule has 0 aromatic carbocycles. The average molecular weight is 817 g/mol. The summed E-state index contributed by atoms with van der Waals surface area (Å²) in [5.41, 5.74) is 5.55. The number of aliphatic carboxylic acids is 4. The van der Waals surface area contributed by atoms with Crippen molar-refractivity contribution in [3.05, 3.63) is 0 Å². The van der Waals surface area contributed by atoms with E-state index in [2.05, 4.69) is 0 Å². The lowest BCUT2D eigenvalue weighted by Gasteiger charge is -2.23. The Morgan fingerprint density at radius 2 is 0.692 bits per heavy atom. The van der Waals surface area contributed by atoms with Crippen molar-refractivity contribution in [2.75, 3.05) is 17.3 Å². The fourth-order valence-electron chi connectivity index (χ4n) is 3.54. The zero-order valence-corrected chi connectivity index (χ0v) is 28.2. The number of hydrogen-bond acceptors (Lipinski definition) is 16. The van der Waals surface area contributed by atoms with Gasteiger partial charge in [-0.2, -0.15) is 25.3 Å². The van der Waals surface area contributed by atoms with Gasteiger partial charge in [0.2, 0.25) is 29.5 Å². The highest BCUT2D eigenvalue weighted by molar-refractivity contribution is 7.86. The Morgan fingerprint density at radius 1 is 0.423 bits per heavy atom. The largest absolute Gasteiger partial charge is 0.480 e. The van der Waals surface area contributed by atoms with Crippen LogP contribution in [0.25, 0.3) is 0 Å². The molecule has 0 aromatic rings. The predicted molar refractivity (Wildman–Crippen MR) is 161 cm³/mol. The summed E-state index contributed by atoms with van der Waals surface area (Å²) in [4.78, 5) is 108. The van der Waals surface area contributed by atoms with Gasteiger partial charge in [0.1, 0.15) is 47.5 Å². The lowest BCUT2D eigenvalue weighted by atomic mass is 10.1. The first-order valence-corrected chi connectivity index (χ1v) is 18.2. The van der Waals surface area contributed by atoms with Crippen LogP contribution in [0.15, 0.2) is 0 Å². The minimum atomic E-state index is -5.06. The molecule has 0 unspecified atom stereocenters. The Morgan fingerprint density at radius 3 is 0.981 bits per heavy atom. The summed E-state index contributed by atoms with van der Waals surface area (Å²) in [7, 11) is -15.0. The monoisotopic (exact) mass is 816 g/mol. The van der Waals surface area contributed by atoms with Gasteiger partial charge < -0.3 is 52.7 Å². The standard InChI is InChI=1S/C21H32N6O22S3/c22-7(1-13(28)23-10(19(35)36)4-50(41,42)43)16(31)26-8(2-14(29)24-11(20(37)38)5-51(44,45)46)17(32)27-9(18(33)34)3-15(30)25-12(21(39)40)6-52(47,48)49/h7-12H,1-6,22H2,(H,23,28)(H,24,29)(H,25,30)(H,26,31)(H,27,32)(H,33,34)(H,35,36)(H,37,38)(H,39,40)(H,41,42,43)(H,44,45,46)(H,47,48,49)/t7-,8-,9-,10-,11-,12-/m0/s1. The van der Waals surface area contributed by atoms with Gasteiger partial charge in [-0.25, -0.2) is 19.2 Å². The van der Waals surface area contributed by atoms with E-state index in [1.165, 1.54) is 0 Å². The molecule has 0 rings (SSSR count). The smallest absolute Gasteiger partial charge is 0.327 e. The average Bonchev–Trinajstić information content (AvgIpc) is 2.92. The van der Waals surface area contributed by atoms with Gasteiger partial charge in [0.05, 0.1) is 25.3 Å². The van der Waals surface area contributed by atoms with Crippen molar-refractivity contribution in [3.63, 3.8) is 0 Å². The maximum Gasteiger partial charge on any atom is 0.327 e. The number of carboxylic acid groups (broad SMARTS) is 4. The summed E-state index contributed by atoms with van der Waals surface area (Å²) in [6.07, 6.45) is -3.98. The molecular weight excluding hydrogens is 784 g/mol. The molecule has 0 radical (unpaired) electrons. The fraction of sp³-hybridized carbons (Fsp3) is 0.571. The number of carbonyl (C=O) groups excluding carboxylic acids is 5. The summed E-state index contributed by atoms with van der Waals surface area (Å²) in [5.74, 6) is -20.6. The molecule has 0 spiro atoms. The summed E-state index contributed by atoms with van der Waals surface area (Å²) < 4.78 is 92.9. The van der Waals surface area contributed by atoms with Crippen LogP contribution in [0.3, 0.4) is 0 Å². The van der Waals surface area contributed by atoms with Crippen LogP contribution < -0.4 is 32.3 Å². The third-order valence-corrected chi connectivity index (χ3v) is 8.06. The van der Waals surface area contributed by atoms with Crippen molar-refractivity contribution < 1.29 is 102 Å². The summed E-state index contributed by atoms with van der Waals surface area (Å²) in [5, 5.41) is 44.8. The summed E-state index contributed by atoms with van der Waals surface area (Å²) in [6, 6.07) is -13.8. The van der Waals surface area contributed by atoms with E-state index in [9.17, 15) is 73.5 Å². The summed E-state index contributed by atoms with van der Waals surface area (Å²) in [6.45, 7) is 0. The van der Waals surface area contributed by atoms with Gasteiger partial charge in [-0.15, -0.1) is 0 Å². The Kier molecular flexibility index (Phi) is 17.6. The maximum atomic E-state index is 13.0. The van der Waals surface area contributed by atoms with Crippen molar-refractivity contribution in [2.45, 2.75) is 55.5 Å². The van der Waals surface area contributed by atoms with Crippen LogP contribution in [0.1, 0.15) is 19.3 Å². The second-order valence-corrected chi connectivity index (χ2v) is 14.8.